The van der Waals surface area contributed by atoms with E-state index in [4.69, 9.17) is 0 Å². The summed E-state index contributed by atoms with van der Waals surface area (Å²) in [6, 6.07) is 7.41. The number of amides is 1. The summed E-state index contributed by atoms with van der Waals surface area (Å²) in [5, 5.41) is 9.34. The second-order valence-electron chi connectivity index (χ2n) is 6.85. The number of rotatable bonds is 3. The number of phenols is 1. The van der Waals surface area contributed by atoms with E-state index in [0.29, 0.717) is 11.7 Å². The number of likely N-dealkylation sites (N-methyl/N-ethyl adjacent to an activating group) is 1. The lowest BCUT2D eigenvalue weighted by molar-refractivity contribution is -0.138. The van der Waals surface area contributed by atoms with E-state index < -0.39 is 0 Å². The van der Waals surface area contributed by atoms with Crippen LogP contribution in [-0.2, 0) is 11.3 Å². The third-order valence-electron chi connectivity index (χ3n) is 5.09. The zero-order chi connectivity index (χ0) is 16.2. The Morgan fingerprint density at radius 1 is 1.04 bits per heavy atom. The third kappa shape index (κ3) is 4.24. The van der Waals surface area contributed by atoms with Gasteiger partial charge in [0.1, 0.15) is 5.75 Å². The molecule has 3 rings (SSSR count). The van der Waals surface area contributed by atoms with Crippen LogP contribution >= 0.6 is 0 Å². The molecule has 0 radical (unpaired) electrons. The Hall–Kier alpha value is -1.59. The molecule has 5 nitrogen and oxygen atoms in total. The summed E-state index contributed by atoms with van der Waals surface area (Å²) >= 11 is 0. The van der Waals surface area contributed by atoms with Crippen molar-refractivity contribution in [2.24, 2.45) is 5.92 Å². The van der Waals surface area contributed by atoms with Gasteiger partial charge in [-0.3, -0.25) is 9.69 Å². The largest absolute Gasteiger partial charge is 0.508 e. The summed E-state index contributed by atoms with van der Waals surface area (Å²) in [5.74, 6) is 0.877. The van der Waals surface area contributed by atoms with Crippen molar-refractivity contribution in [1.82, 2.24) is 14.7 Å². The molecule has 2 aliphatic heterocycles. The summed E-state index contributed by atoms with van der Waals surface area (Å²) in [7, 11) is 2.11. The number of likely N-dealkylation sites (tertiary alicyclic amines) is 1. The number of aromatic hydroxyl groups is 1. The fraction of sp³-hybridized carbons (Fsp3) is 0.611. The van der Waals surface area contributed by atoms with Crippen molar-refractivity contribution in [1.29, 1.82) is 0 Å². The van der Waals surface area contributed by atoms with E-state index in [-0.39, 0.29) is 5.92 Å². The maximum absolute atomic E-state index is 12.6. The molecule has 5 heteroatoms. The van der Waals surface area contributed by atoms with Crippen molar-refractivity contribution in [2.75, 3.05) is 46.3 Å². The lowest BCUT2D eigenvalue weighted by atomic mass is 9.94. The number of carbonyl (C=O) groups is 1. The van der Waals surface area contributed by atoms with Gasteiger partial charge in [0.05, 0.1) is 0 Å². The van der Waals surface area contributed by atoms with Crippen molar-refractivity contribution >= 4 is 5.91 Å². The Balaban J connectivity index is 1.46. The minimum absolute atomic E-state index is 0.203. The normalized spacial score (nSPS) is 21.5. The van der Waals surface area contributed by atoms with E-state index in [1.165, 1.54) is 5.56 Å². The van der Waals surface area contributed by atoms with E-state index in [1.54, 1.807) is 12.1 Å². The SMILES string of the molecule is CN1CCN(C(=O)C2CCN(Cc3ccc(O)cc3)CC2)CC1. The number of nitrogens with zero attached hydrogens (tertiary/aromatic N) is 3. The van der Waals surface area contributed by atoms with E-state index in [2.05, 4.69) is 21.7 Å². The molecule has 0 aromatic heterocycles. The van der Waals surface area contributed by atoms with Crippen molar-refractivity contribution in [3.63, 3.8) is 0 Å². The number of hydrogen-bond acceptors (Lipinski definition) is 4. The number of phenolic OH excluding ortho intramolecular Hbond substituents is 1. The Morgan fingerprint density at radius 3 is 2.26 bits per heavy atom. The zero-order valence-electron chi connectivity index (χ0n) is 13.9. The summed E-state index contributed by atoms with van der Waals surface area (Å²) in [6.45, 7) is 6.59. The summed E-state index contributed by atoms with van der Waals surface area (Å²) in [4.78, 5) is 19.4. The minimum atomic E-state index is 0.203. The standard InChI is InChI=1S/C18H27N3O2/c1-19-10-12-21(13-11-19)18(23)16-6-8-20(9-7-16)14-15-2-4-17(22)5-3-15/h2-5,16,22H,6-14H2,1H3. The summed E-state index contributed by atoms with van der Waals surface area (Å²) in [5.41, 5.74) is 1.21. The second kappa shape index (κ2) is 7.32. The van der Waals surface area contributed by atoms with Crippen LogP contribution in [0.1, 0.15) is 18.4 Å². The molecule has 0 aliphatic carbocycles. The van der Waals surface area contributed by atoms with Gasteiger partial charge in [0.25, 0.3) is 0 Å². The highest BCUT2D eigenvalue weighted by atomic mass is 16.3. The summed E-state index contributed by atoms with van der Waals surface area (Å²) in [6.07, 6.45) is 1.92. The Bertz CT molecular complexity index is 516. The average Bonchev–Trinajstić information content (AvgIpc) is 2.58. The van der Waals surface area contributed by atoms with E-state index >= 15 is 0 Å². The Morgan fingerprint density at radius 2 is 1.65 bits per heavy atom. The molecule has 1 amide bonds. The Labute approximate surface area is 138 Å². The second-order valence-corrected chi connectivity index (χ2v) is 6.85. The first-order valence-electron chi connectivity index (χ1n) is 8.59. The van der Waals surface area contributed by atoms with Crippen LogP contribution in [0.3, 0.4) is 0 Å². The Kier molecular flexibility index (Phi) is 5.18. The van der Waals surface area contributed by atoms with Gasteiger partial charge in [-0.1, -0.05) is 12.1 Å². The molecule has 0 unspecified atom stereocenters. The molecule has 1 N–H and O–H groups in total. The molecule has 2 fully saturated rings. The van der Waals surface area contributed by atoms with E-state index in [9.17, 15) is 9.90 Å². The molecule has 0 bridgehead atoms. The highest BCUT2D eigenvalue weighted by Crippen LogP contribution is 2.22. The number of carbonyl (C=O) groups excluding carboxylic acids is 1. The average molecular weight is 317 g/mol. The van der Waals surface area contributed by atoms with Gasteiger partial charge >= 0.3 is 0 Å². The van der Waals surface area contributed by atoms with Gasteiger partial charge in [-0.25, -0.2) is 0 Å². The first-order chi connectivity index (χ1) is 11.1. The van der Waals surface area contributed by atoms with Crippen LogP contribution in [0.2, 0.25) is 0 Å². The van der Waals surface area contributed by atoms with Gasteiger partial charge in [-0.05, 0) is 50.7 Å². The molecule has 23 heavy (non-hydrogen) atoms. The van der Waals surface area contributed by atoms with Crippen molar-refractivity contribution in [3.05, 3.63) is 29.8 Å². The maximum Gasteiger partial charge on any atom is 0.225 e. The van der Waals surface area contributed by atoms with Gasteiger partial charge in [-0.2, -0.15) is 0 Å². The van der Waals surface area contributed by atoms with Crippen LogP contribution in [0.25, 0.3) is 0 Å². The molecular weight excluding hydrogens is 290 g/mol. The minimum Gasteiger partial charge on any atom is -0.508 e. The molecule has 0 atom stereocenters. The van der Waals surface area contributed by atoms with Crippen LogP contribution in [-0.4, -0.2) is 72.0 Å². The van der Waals surface area contributed by atoms with E-state index in [0.717, 1.165) is 58.7 Å². The zero-order valence-corrected chi connectivity index (χ0v) is 13.9. The quantitative estimate of drug-likeness (QED) is 0.915. The molecular formula is C18H27N3O2. The highest BCUT2D eigenvalue weighted by Gasteiger charge is 2.29. The fourth-order valence-electron chi connectivity index (χ4n) is 3.48. The van der Waals surface area contributed by atoms with Crippen molar-refractivity contribution < 1.29 is 9.90 Å². The van der Waals surface area contributed by atoms with Crippen molar-refractivity contribution in [3.8, 4) is 5.75 Å². The molecule has 1 aromatic rings. The smallest absolute Gasteiger partial charge is 0.225 e. The van der Waals surface area contributed by atoms with Gasteiger partial charge in [-0.15, -0.1) is 0 Å². The predicted octanol–water partition coefficient (Wildman–Crippen LogP) is 1.38. The molecule has 2 aliphatic rings. The van der Waals surface area contributed by atoms with Gasteiger partial charge in [0.2, 0.25) is 5.91 Å². The first kappa shape index (κ1) is 16.3. The first-order valence-corrected chi connectivity index (χ1v) is 8.59. The lowest BCUT2D eigenvalue weighted by Gasteiger charge is -2.37. The molecule has 2 saturated heterocycles. The van der Waals surface area contributed by atoms with Crippen LogP contribution in [0.15, 0.2) is 24.3 Å². The molecule has 126 valence electrons. The van der Waals surface area contributed by atoms with Crippen LogP contribution in [0.5, 0.6) is 5.75 Å². The monoisotopic (exact) mass is 317 g/mol. The van der Waals surface area contributed by atoms with E-state index in [1.807, 2.05) is 12.1 Å². The molecule has 0 spiro atoms. The number of piperidine rings is 1. The van der Waals surface area contributed by atoms with Crippen LogP contribution < -0.4 is 0 Å². The highest BCUT2D eigenvalue weighted by molar-refractivity contribution is 5.79. The number of piperazine rings is 1. The topological polar surface area (TPSA) is 47.0 Å². The fourth-order valence-corrected chi connectivity index (χ4v) is 3.48. The lowest BCUT2D eigenvalue weighted by Crippen LogP contribution is -2.50. The van der Waals surface area contributed by atoms with Gasteiger partial charge in [0.15, 0.2) is 0 Å². The number of hydrogen-bond donors (Lipinski definition) is 1. The molecule has 2 heterocycles. The van der Waals surface area contributed by atoms with Crippen molar-refractivity contribution in [2.45, 2.75) is 19.4 Å². The predicted molar refractivity (Wildman–Crippen MR) is 90.2 cm³/mol. The summed E-state index contributed by atoms with van der Waals surface area (Å²) < 4.78 is 0. The number of benzene rings is 1. The van der Waals surface area contributed by atoms with Crippen LogP contribution in [0.4, 0.5) is 0 Å². The van der Waals surface area contributed by atoms with Crippen LogP contribution in [0, 0.1) is 5.92 Å². The van der Waals surface area contributed by atoms with Gasteiger partial charge < -0.3 is 14.9 Å². The molecule has 1 aromatic carbocycles. The van der Waals surface area contributed by atoms with Gasteiger partial charge in [0, 0.05) is 38.6 Å². The maximum atomic E-state index is 12.6. The third-order valence-corrected chi connectivity index (χ3v) is 5.09. The molecule has 0 saturated carbocycles.